The molecule has 1 unspecified atom stereocenters. The first-order chi connectivity index (χ1) is 9.70. The second-order valence-electron chi connectivity index (χ2n) is 4.63. The van der Waals surface area contributed by atoms with Gasteiger partial charge in [0.25, 0.3) is 0 Å². The van der Waals surface area contributed by atoms with Crippen molar-refractivity contribution in [2.45, 2.75) is 18.8 Å². The Kier molecular flexibility index (Phi) is 3.64. The third kappa shape index (κ3) is 2.28. The Morgan fingerprint density at radius 1 is 1.30 bits per heavy atom. The number of halogens is 2. The summed E-state index contributed by atoms with van der Waals surface area (Å²) in [5.74, 6) is 1.19. The summed E-state index contributed by atoms with van der Waals surface area (Å²) in [5, 5.41) is 0.678. The zero-order chi connectivity index (χ0) is 14.1. The predicted molar refractivity (Wildman–Crippen MR) is 82.4 cm³/mol. The molecule has 3 aromatic rings. The molecule has 1 aromatic carbocycles. The molecule has 2 aromatic heterocycles. The molecule has 0 aliphatic carbocycles. The van der Waals surface area contributed by atoms with E-state index >= 15 is 0 Å². The Labute approximate surface area is 127 Å². The Morgan fingerprint density at radius 3 is 2.85 bits per heavy atom. The van der Waals surface area contributed by atoms with E-state index in [9.17, 15) is 0 Å². The van der Waals surface area contributed by atoms with Crippen LogP contribution < -0.4 is 0 Å². The number of pyridine rings is 1. The first-order valence-electron chi connectivity index (χ1n) is 6.33. The van der Waals surface area contributed by atoms with E-state index in [1.54, 1.807) is 6.20 Å². The number of alkyl halides is 1. The highest BCUT2D eigenvalue weighted by Gasteiger charge is 2.17. The average Bonchev–Trinajstić information content (AvgIpc) is 2.84. The third-order valence-electron chi connectivity index (χ3n) is 3.40. The van der Waals surface area contributed by atoms with Crippen LogP contribution in [0.2, 0.25) is 5.02 Å². The summed E-state index contributed by atoms with van der Waals surface area (Å²) in [4.78, 5) is 8.74. The fourth-order valence-corrected chi connectivity index (χ4v) is 2.78. The summed E-state index contributed by atoms with van der Waals surface area (Å²) >= 11 is 12.1. The van der Waals surface area contributed by atoms with Crippen molar-refractivity contribution < 1.29 is 0 Å². The molecule has 2 heterocycles. The minimum atomic E-state index is 0.114. The summed E-state index contributed by atoms with van der Waals surface area (Å²) in [6.07, 6.45) is 3.63. The van der Waals surface area contributed by atoms with Crippen LogP contribution in [0, 0.1) is 0 Å². The topological polar surface area (TPSA) is 30.7 Å². The second-order valence-corrected chi connectivity index (χ2v) is 5.33. The van der Waals surface area contributed by atoms with Gasteiger partial charge in [0.1, 0.15) is 5.82 Å². The molecule has 3 nitrogen and oxygen atoms in total. The molecular formula is C15H13Cl2N3. The molecule has 0 spiro atoms. The van der Waals surface area contributed by atoms with Crippen LogP contribution >= 0.6 is 23.2 Å². The first-order valence-corrected chi connectivity index (χ1v) is 7.24. The van der Waals surface area contributed by atoms with Crippen LogP contribution in [0.1, 0.15) is 24.4 Å². The largest absolute Gasteiger partial charge is 0.320 e. The highest BCUT2D eigenvalue weighted by Crippen LogP contribution is 2.28. The summed E-state index contributed by atoms with van der Waals surface area (Å²) in [7, 11) is 0. The molecule has 3 rings (SSSR count). The molecule has 5 heteroatoms. The summed E-state index contributed by atoms with van der Waals surface area (Å²) in [6.45, 7) is 2.11. The minimum absolute atomic E-state index is 0.114. The number of imidazole rings is 1. The maximum Gasteiger partial charge on any atom is 0.125 e. The lowest BCUT2D eigenvalue weighted by molar-refractivity contribution is 0.631. The zero-order valence-corrected chi connectivity index (χ0v) is 12.4. The van der Waals surface area contributed by atoms with E-state index in [4.69, 9.17) is 23.2 Å². The van der Waals surface area contributed by atoms with E-state index in [-0.39, 0.29) is 6.04 Å². The molecule has 0 saturated heterocycles. The molecule has 0 aliphatic rings. The van der Waals surface area contributed by atoms with Crippen LogP contribution in [0.3, 0.4) is 0 Å². The predicted octanol–water partition coefficient (Wildman–Crippen LogP) is 4.43. The molecule has 0 saturated carbocycles. The Balaban J connectivity index is 2.19. The van der Waals surface area contributed by atoms with Crippen molar-refractivity contribution in [2.24, 2.45) is 0 Å². The standard InChI is InChI=1S/C15H13Cl2N3/c1-10(11-3-2-6-18-9-11)20-14-5-4-12(17)7-13(14)19-15(20)8-16/h2-7,9-10H,8H2,1H3. The number of fused-ring (bicyclic) bond motifs is 1. The van der Waals surface area contributed by atoms with E-state index in [1.807, 2.05) is 30.5 Å². The van der Waals surface area contributed by atoms with Gasteiger partial charge < -0.3 is 4.57 Å². The van der Waals surface area contributed by atoms with Crippen LogP contribution in [0.4, 0.5) is 0 Å². The van der Waals surface area contributed by atoms with Crippen LogP contribution in [0.25, 0.3) is 11.0 Å². The Bertz CT molecular complexity index is 737. The maximum absolute atomic E-state index is 6.04. The fourth-order valence-electron chi connectivity index (χ4n) is 2.42. The molecule has 0 radical (unpaired) electrons. The van der Waals surface area contributed by atoms with Crippen LogP contribution in [-0.4, -0.2) is 14.5 Å². The van der Waals surface area contributed by atoms with E-state index in [1.165, 1.54) is 0 Å². The molecule has 0 aliphatic heterocycles. The van der Waals surface area contributed by atoms with E-state index < -0.39 is 0 Å². The molecule has 0 fully saturated rings. The van der Waals surface area contributed by atoms with Crippen molar-refractivity contribution in [3.63, 3.8) is 0 Å². The molecule has 0 N–H and O–H groups in total. The normalized spacial score (nSPS) is 12.8. The molecule has 0 bridgehead atoms. The van der Waals surface area contributed by atoms with Crippen molar-refractivity contribution >= 4 is 34.2 Å². The first kappa shape index (κ1) is 13.4. The summed E-state index contributed by atoms with van der Waals surface area (Å²) in [6, 6.07) is 9.81. The molecule has 102 valence electrons. The van der Waals surface area contributed by atoms with Gasteiger partial charge in [0.15, 0.2) is 0 Å². The number of nitrogens with zero attached hydrogens (tertiary/aromatic N) is 3. The van der Waals surface area contributed by atoms with Crippen molar-refractivity contribution in [1.82, 2.24) is 14.5 Å². The molecule has 20 heavy (non-hydrogen) atoms. The lowest BCUT2D eigenvalue weighted by atomic mass is 10.1. The van der Waals surface area contributed by atoms with Gasteiger partial charge in [-0.15, -0.1) is 11.6 Å². The smallest absolute Gasteiger partial charge is 0.125 e. The van der Waals surface area contributed by atoms with Crippen LogP contribution in [0.15, 0.2) is 42.7 Å². The fraction of sp³-hybridized carbons (Fsp3) is 0.200. The van der Waals surface area contributed by atoms with Crippen molar-refractivity contribution in [3.8, 4) is 0 Å². The van der Waals surface area contributed by atoms with Gasteiger partial charge in [-0.1, -0.05) is 17.7 Å². The van der Waals surface area contributed by atoms with Gasteiger partial charge >= 0.3 is 0 Å². The van der Waals surface area contributed by atoms with Gasteiger partial charge in [0, 0.05) is 17.4 Å². The second kappa shape index (κ2) is 5.43. The lowest BCUT2D eigenvalue weighted by Gasteiger charge is -2.17. The van der Waals surface area contributed by atoms with Crippen LogP contribution in [0.5, 0.6) is 0 Å². The number of benzene rings is 1. The highest BCUT2D eigenvalue weighted by molar-refractivity contribution is 6.31. The summed E-state index contributed by atoms with van der Waals surface area (Å²) in [5.41, 5.74) is 3.01. The SMILES string of the molecule is CC(c1cccnc1)n1c(CCl)nc2cc(Cl)ccc21. The van der Waals surface area contributed by atoms with E-state index in [0.29, 0.717) is 10.9 Å². The zero-order valence-electron chi connectivity index (χ0n) is 10.9. The number of rotatable bonds is 3. The summed E-state index contributed by atoms with van der Waals surface area (Å²) < 4.78 is 2.13. The van der Waals surface area contributed by atoms with Crippen molar-refractivity contribution in [2.75, 3.05) is 0 Å². The molecular weight excluding hydrogens is 293 g/mol. The number of aromatic nitrogens is 3. The van der Waals surface area contributed by atoms with Gasteiger partial charge in [-0.25, -0.2) is 4.98 Å². The van der Waals surface area contributed by atoms with E-state index in [0.717, 1.165) is 22.4 Å². The van der Waals surface area contributed by atoms with Crippen LogP contribution in [-0.2, 0) is 5.88 Å². The van der Waals surface area contributed by atoms with Gasteiger partial charge in [0.05, 0.1) is 23.0 Å². The van der Waals surface area contributed by atoms with Gasteiger partial charge in [-0.05, 0) is 36.8 Å². The van der Waals surface area contributed by atoms with Crippen molar-refractivity contribution in [1.29, 1.82) is 0 Å². The van der Waals surface area contributed by atoms with Gasteiger partial charge in [-0.3, -0.25) is 4.98 Å². The number of hydrogen-bond donors (Lipinski definition) is 0. The number of hydrogen-bond acceptors (Lipinski definition) is 2. The Hall–Kier alpha value is -1.58. The molecule has 0 amide bonds. The Morgan fingerprint density at radius 2 is 2.15 bits per heavy atom. The van der Waals surface area contributed by atoms with Gasteiger partial charge in [-0.2, -0.15) is 0 Å². The monoisotopic (exact) mass is 305 g/mol. The average molecular weight is 306 g/mol. The van der Waals surface area contributed by atoms with E-state index in [2.05, 4.69) is 27.5 Å². The van der Waals surface area contributed by atoms with Gasteiger partial charge in [0.2, 0.25) is 0 Å². The third-order valence-corrected chi connectivity index (χ3v) is 3.87. The maximum atomic E-state index is 6.04. The molecule has 1 atom stereocenters. The van der Waals surface area contributed by atoms with Crippen molar-refractivity contribution in [3.05, 3.63) is 59.1 Å². The minimum Gasteiger partial charge on any atom is -0.320 e. The lowest BCUT2D eigenvalue weighted by Crippen LogP contribution is -2.10. The highest BCUT2D eigenvalue weighted by atomic mass is 35.5. The quantitative estimate of drug-likeness (QED) is 0.670.